The molecule has 118 valence electrons. The highest BCUT2D eigenvalue weighted by Crippen LogP contribution is 2.40. The van der Waals surface area contributed by atoms with E-state index >= 15 is 0 Å². The average Bonchev–Trinajstić information content (AvgIpc) is 3.29. The first-order chi connectivity index (χ1) is 10.2. The number of methoxy groups -OCH3 is 1. The van der Waals surface area contributed by atoms with Crippen LogP contribution in [-0.2, 0) is 6.54 Å². The summed E-state index contributed by atoms with van der Waals surface area (Å²) in [7, 11) is 1.73. The number of hydrogen-bond acceptors (Lipinski definition) is 2. The highest BCUT2D eigenvalue weighted by Gasteiger charge is 2.37. The van der Waals surface area contributed by atoms with Crippen LogP contribution >= 0.6 is 12.4 Å². The summed E-state index contributed by atoms with van der Waals surface area (Å²) in [5, 5.41) is 3.69. The van der Waals surface area contributed by atoms with E-state index in [0.29, 0.717) is 12.0 Å². The summed E-state index contributed by atoms with van der Waals surface area (Å²) in [6.45, 7) is 5.24. The van der Waals surface area contributed by atoms with Crippen molar-refractivity contribution in [2.75, 3.05) is 7.11 Å². The summed E-state index contributed by atoms with van der Waals surface area (Å²) in [6.07, 6.45) is 1.25. The third-order valence-electron chi connectivity index (χ3n) is 4.64. The number of hydrogen-bond donors (Lipinski definition) is 1. The minimum atomic E-state index is 0. The molecule has 0 spiro atoms. The maximum Gasteiger partial charge on any atom is 0.122 e. The Labute approximate surface area is 139 Å². The summed E-state index contributed by atoms with van der Waals surface area (Å²) in [5.74, 6) is 1.66. The van der Waals surface area contributed by atoms with Gasteiger partial charge in [-0.05, 0) is 48.6 Å². The molecule has 0 aromatic heterocycles. The van der Waals surface area contributed by atoms with Crippen LogP contribution in [-0.4, -0.2) is 13.2 Å². The van der Waals surface area contributed by atoms with Crippen LogP contribution in [0.1, 0.15) is 34.6 Å². The van der Waals surface area contributed by atoms with E-state index < -0.39 is 0 Å². The van der Waals surface area contributed by atoms with Gasteiger partial charge in [0.15, 0.2) is 0 Å². The second-order valence-electron chi connectivity index (χ2n) is 5.92. The van der Waals surface area contributed by atoms with E-state index in [0.717, 1.165) is 12.3 Å². The van der Waals surface area contributed by atoms with Gasteiger partial charge in [-0.3, -0.25) is 0 Å². The van der Waals surface area contributed by atoms with Crippen LogP contribution in [0.3, 0.4) is 0 Å². The third-order valence-corrected chi connectivity index (χ3v) is 4.64. The van der Waals surface area contributed by atoms with E-state index in [-0.39, 0.29) is 12.4 Å². The maximum atomic E-state index is 5.37. The lowest BCUT2D eigenvalue weighted by molar-refractivity contribution is 0.411. The molecule has 0 radical (unpaired) electrons. The topological polar surface area (TPSA) is 21.3 Å². The van der Waals surface area contributed by atoms with Gasteiger partial charge in [-0.25, -0.2) is 0 Å². The van der Waals surface area contributed by atoms with Crippen molar-refractivity contribution in [1.29, 1.82) is 0 Å². The fraction of sp³-hybridized carbons (Fsp3) is 0.368. The maximum absolute atomic E-state index is 5.37. The Balaban J connectivity index is 0.00000176. The van der Waals surface area contributed by atoms with Crippen LogP contribution in [0.25, 0.3) is 0 Å². The Morgan fingerprint density at radius 2 is 1.77 bits per heavy atom. The van der Waals surface area contributed by atoms with Crippen molar-refractivity contribution in [3.05, 3.63) is 64.7 Å². The minimum absolute atomic E-state index is 0. The molecule has 2 aromatic rings. The standard InChI is InChI=1S/C19H23NO.ClH/c1-13-14(2)19(21-3)10-9-16(13)12-20-18-11-17(18)15-7-5-4-6-8-15;/h4-10,17-18,20H,11-12H2,1-3H3;1H. The van der Waals surface area contributed by atoms with Gasteiger partial charge in [0.2, 0.25) is 0 Å². The molecule has 2 unspecified atom stereocenters. The average molecular weight is 318 g/mol. The highest BCUT2D eigenvalue weighted by atomic mass is 35.5. The molecule has 1 aliphatic carbocycles. The molecular weight excluding hydrogens is 294 g/mol. The van der Waals surface area contributed by atoms with Crippen molar-refractivity contribution < 1.29 is 4.74 Å². The lowest BCUT2D eigenvalue weighted by Gasteiger charge is -2.13. The predicted molar refractivity (Wildman–Crippen MR) is 94.1 cm³/mol. The van der Waals surface area contributed by atoms with Gasteiger partial charge in [0, 0.05) is 18.5 Å². The fourth-order valence-corrected chi connectivity index (χ4v) is 2.99. The molecule has 2 nitrogen and oxygen atoms in total. The number of rotatable bonds is 5. The first kappa shape index (κ1) is 16.9. The second kappa shape index (κ2) is 7.17. The van der Waals surface area contributed by atoms with Gasteiger partial charge in [0.1, 0.15) is 5.75 Å². The zero-order chi connectivity index (χ0) is 14.8. The highest BCUT2D eigenvalue weighted by molar-refractivity contribution is 5.85. The Hall–Kier alpha value is -1.51. The zero-order valence-electron chi connectivity index (χ0n) is 13.4. The Bertz CT molecular complexity index is 627. The van der Waals surface area contributed by atoms with Crippen molar-refractivity contribution >= 4 is 12.4 Å². The van der Waals surface area contributed by atoms with Crippen molar-refractivity contribution in [1.82, 2.24) is 5.32 Å². The molecule has 1 saturated carbocycles. The summed E-state index contributed by atoms with van der Waals surface area (Å²) in [6, 6.07) is 15.7. The minimum Gasteiger partial charge on any atom is -0.496 e. The molecular formula is C19H24ClNO. The van der Waals surface area contributed by atoms with Crippen LogP contribution in [0.15, 0.2) is 42.5 Å². The number of ether oxygens (including phenoxy) is 1. The molecule has 0 saturated heterocycles. The normalized spacial score (nSPS) is 19.4. The first-order valence-corrected chi connectivity index (χ1v) is 7.62. The number of halogens is 1. The van der Waals surface area contributed by atoms with E-state index in [1.54, 1.807) is 7.11 Å². The number of nitrogens with one attached hydrogen (secondary N) is 1. The summed E-state index contributed by atoms with van der Waals surface area (Å²) >= 11 is 0. The molecule has 1 aliphatic rings. The molecule has 3 rings (SSSR count). The molecule has 0 amide bonds. The molecule has 0 heterocycles. The Morgan fingerprint density at radius 3 is 2.45 bits per heavy atom. The summed E-state index contributed by atoms with van der Waals surface area (Å²) in [5.41, 5.74) is 5.40. The lowest BCUT2D eigenvalue weighted by Crippen LogP contribution is -2.18. The van der Waals surface area contributed by atoms with E-state index in [2.05, 4.69) is 61.6 Å². The van der Waals surface area contributed by atoms with Crippen LogP contribution in [0.5, 0.6) is 5.75 Å². The monoisotopic (exact) mass is 317 g/mol. The Kier molecular flexibility index (Phi) is 5.49. The second-order valence-corrected chi connectivity index (χ2v) is 5.92. The summed E-state index contributed by atoms with van der Waals surface area (Å²) < 4.78 is 5.37. The number of benzene rings is 2. The van der Waals surface area contributed by atoms with E-state index in [1.165, 1.54) is 28.7 Å². The quantitative estimate of drug-likeness (QED) is 0.883. The van der Waals surface area contributed by atoms with Crippen molar-refractivity contribution in [2.45, 2.75) is 38.8 Å². The predicted octanol–water partition coefficient (Wildman–Crippen LogP) is 4.38. The molecule has 1 N–H and O–H groups in total. The SMILES string of the molecule is COc1ccc(CNC2CC2c2ccccc2)c(C)c1C.Cl. The van der Waals surface area contributed by atoms with Crippen molar-refractivity contribution in [3.63, 3.8) is 0 Å². The van der Waals surface area contributed by atoms with Crippen LogP contribution in [0.4, 0.5) is 0 Å². The van der Waals surface area contributed by atoms with Gasteiger partial charge in [-0.1, -0.05) is 36.4 Å². The van der Waals surface area contributed by atoms with Gasteiger partial charge in [-0.15, -0.1) is 12.4 Å². The van der Waals surface area contributed by atoms with Gasteiger partial charge in [0.25, 0.3) is 0 Å². The van der Waals surface area contributed by atoms with Crippen LogP contribution in [0.2, 0.25) is 0 Å². The molecule has 2 atom stereocenters. The van der Waals surface area contributed by atoms with E-state index in [9.17, 15) is 0 Å². The van der Waals surface area contributed by atoms with Gasteiger partial charge < -0.3 is 10.1 Å². The molecule has 3 heteroatoms. The smallest absolute Gasteiger partial charge is 0.122 e. The molecule has 0 aliphatic heterocycles. The zero-order valence-corrected chi connectivity index (χ0v) is 14.2. The molecule has 22 heavy (non-hydrogen) atoms. The molecule has 2 aromatic carbocycles. The third kappa shape index (κ3) is 3.45. The van der Waals surface area contributed by atoms with E-state index in [4.69, 9.17) is 4.74 Å². The fourth-order valence-electron chi connectivity index (χ4n) is 2.99. The first-order valence-electron chi connectivity index (χ1n) is 7.62. The molecule has 0 bridgehead atoms. The summed E-state index contributed by atoms with van der Waals surface area (Å²) in [4.78, 5) is 0. The Morgan fingerprint density at radius 1 is 1.05 bits per heavy atom. The van der Waals surface area contributed by atoms with Gasteiger partial charge in [0.05, 0.1) is 7.11 Å². The lowest BCUT2D eigenvalue weighted by atomic mass is 10.0. The largest absolute Gasteiger partial charge is 0.496 e. The van der Waals surface area contributed by atoms with Crippen molar-refractivity contribution in [2.24, 2.45) is 0 Å². The van der Waals surface area contributed by atoms with E-state index in [1.807, 2.05) is 0 Å². The van der Waals surface area contributed by atoms with Crippen molar-refractivity contribution in [3.8, 4) is 5.75 Å². The molecule has 1 fully saturated rings. The van der Waals surface area contributed by atoms with Gasteiger partial charge >= 0.3 is 0 Å². The van der Waals surface area contributed by atoms with Gasteiger partial charge in [-0.2, -0.15) is 0 Å². The van der Waals surface area contributed by atoms with Crippen LogP contribution in [0, 0.1) is 13.8 Å². The van der Waals surface area contributed by atoms with Crippen LogP contribution < -0.4 is 10.1 Å².